The molecule has 0 aliphatic rings. The van der Waals surface area contributed by atoms with Gasteiger partial charge in [0.1, 0.15) is 5.82 Å². The number of aliphatic carboxylic acids is 1. The van der Waals surface area contributed by atoms with Crippen molar-refractivity contribution in [3.05, 3.63) is 48.2 Å². The number of amides is 1. The van der Waals surface area contributed by atoms with Gasteiger partial charge in [0.15, 0.2) is 0 Å². The van der Waals surface area contributed by atoms with Crippen molar-refractivity contribution >= 4 is 29.1 Å². The average Bonchev–Trinajstić information content (AvgIpc) is 2.61. The molecule has 0 aliphatic carbocycles. The lowest BCUT2D eigenvalue weighted by atomic mass is 10.1. The molecule has 7 nitrogen and oxygen atoms in total. The Kier molecular flexibility index (Phi) is 5.94. The number of nitrogens with two attached hydrogens (primary N) is 1. The highest BCUT2D eigenvalue weighted by molar-refractivity contribution is 6.07. The number of carbonyl (C=O) groups excluding carboxylic acids is 1. The molecule has 132 valence electrons. The molecule has 1 amide bonds. The van der Waals surface area contributed by atoms with E-state index in [2.05, 4.69) is 10.3 Å². The summed E-state index contributed by atoms with van der Waals surface area (Å²) in [5, 5.41) is 12.1. The van der Waals surface area contributed by atoms with Crippen LogP contribution in [-0.4, -0.2) is 35.1 Å². The van der Waals surface area contributed by atoms with Gasteiger partial charge in [0.25, 0.3) is 5.91 Å². The maximum atomic E-state index is 13.1. The van der Waals surface area contributed by atoms with Crippen LogP contribution in [0.5, 0.6) is 0 Å². The van der Waals surface area contributed by atoms with Gasteiger partial charge in [-0.05, 0) is 36.8 Å². The molecule has 0 spiro atoms. The molecule has 4 N–H and O–H groups in total. The van der Waals surface area contributed by atoms with Crippen LogP contribution in [0.4, 0.5) is 17.2 Å². The minimum absolute atomic E-state index is 0.164. The highest BCUT2D eigenvalue weighted by Gasteiger charge is 2.28. The molecule has 1 aromatic heterocycles. The summed E-state index contributed by atoms with van der Waals surface area (Å²) in [6.45, 7) is 1.84. The van der Waals surface area contributed by atoms with Crippen LogP contribution in [0.1, 0.15) is 30.1 Å². The van der Waals surface area contributed by atoms with E-state index in [4.69, 9.17) is 5.73 Å². The Morgan fingerprint density at radius 1 is 1.32 bits per heavy atom. The van der Waals surface area contributed by atoms with E-state index in [1.807, 2.05) is 6.92 Å². The predicted molar refractivity (Wildman–Crippen MR) is 97.8 cm³/mol. The SMILES string of the molecule is CCC(CC(=O)O)N(C(=O)c1ccc(NC)c(N)c1)c1ccccn1. The van der Waals surface area contributed by atoms with Crippen LogP contribution in [0.15, 0.2) is 42.6 Å². The van der Waals surface area contributed by atoms with Gasteiger partial charge < -0.3 is 16.2 Å². The Morgan fingerprint density at radius 3 is 2.60 bits per heavy atom. The Hall–Kier alpha value is -3.09. The maximum Gasteiger partial charge on any atom is 0.305 e. The summed E-state index contributed by atoms with van der Waals surface area (Å²) in [6.07, 6.45) is 1.89. The van der Waals surface area contributed by atoms with Gasteiger partial charge in [0.05, 0.1) is 17.8 Å². The van der Waals surface area contributed by atoms with Crippen molar-refractivity contribution in [3.8, 4) is 0 Å². The minimum atomic E-state index is -0.967. The number of nitrogens with zero attached hydrogens (tertiary/aromatic N) is 2. The summed E-state index contributed by atoms with van der Waals surface area (Å²) in [5.41, 5.74) is 7.50. The minimum Gasteiger partial charge on any atom is -0.481 e. The van der Waals surface area contributed by atoms with E-state index < -0.39 is 12.0 Å². The first kappa shape index (κ1) is 18.3. The first-order valence-corrected chi connectivity index (χ1v) is 8.01. The molecule has 0 bridgehead atoms. The summed E-state index contributed by atoms with van der Waals surface area (Å²) in [7, 11) is 1.74. The molecular formula is C18H22N4O3. The lowest BCUT2D eigenvalue weighted by molar-refractivity contribution is -0.137. The summed E-state index contributed by atoms with van der Waals surface area (Å²) in [6, 6.07) is 9.64. The number of nitrogens with one attached hydrogen (secondary N) is 1. The number of rotatable bonds is 7. The second-order valence-electron chi connectivity index (χ2n) is 5.58. The zero-order valence-electron chi connectivity index (χ0n) is 14.3. The quantitative estimate of drug-likeness (QED) is 0.667. The predicted octanol–water partition coefficient (Wildman–Crippen LogP) is 2.61. The van der Waals surface area contributed by atoms with Crippen LogP contribution in [0, 0.1) is 0 Å². The van der Waals surface area contributed by atoms with Crippen LogP contribution in [0.25, 0.3) is 0 Å². The van der Waals surface area contributed by atoms with Crippen LogP contribution >= 0.6 is 0 Å². The summed E-state index contributed by atoms with van der Waals surface area (Å²) in [4.78, 5) is 30.0. The van der Waals surface area contributed by atoms with E-state index >= 15 is 0 Å². The highest BCUT2D eigenvalue weighted by atomic mass is 16.4. The van der Waals surface area contributed by atoms with Crippen LogP contribution in [-0.2, 0) is 4.79 Å². The molecule has 0 aliphatic heterocycles. The van der Waals surface area contributed by atoms with Gasteiger partial charge in [-0.3, -0.25) is 14.5 Å². The van der Waals surface area contributed by atoms with E-state index in [1.165, 1.54) is 4.90 Å². The van der Waals surface area contributed by atoms with Gasteiger partial charge in [-0.1, -0.05) is 13.0 Å². The molecule has 1 atom stereocenters. The molecule has 25 heavy (non-hydrogen) atoms. The first-order chi connectivity index (χ1) is 12.0. The fourth-order valence-corrected chi connectivity index (χ4v) is 2.64. The number of benzene rings is 1. The smallest absolute Gasteiger partial charge is 0.305 e. The molecule has 0 fully saturated rings. The lowest BCUT2D eigenvalue weighted by Gasteiger charge is -2.29. The number of hydrogen-bond donors (Lipinski definition) is 3. The fraction of sp³-hybridized carbons (Fsp3) is 0.278. The van der Waals surface area contributed by atoms with Gasteiger partial charge in [0, 0.05) is 24.8 Å². The van der Waals surface area contributed by atoms with Gasteiger partial charge in [-0.15, -0.1) is 0 Å². The molecule has 1 unspecified atom stereocenters. The molecule has 0 saturated heterocycles. The number of carbonyl (C=O) groups is 2. The van der Waals surface area contributed by atoms with Crippen LogP contribution in [0.2, 0.25) is 0 Å². The third-order valence-electron chi connectivity index (χ3n) is 3.93. The number of aromatic nitrogens is 1. The number of pyridine rings is 1. The molecule has 0 radical (unpaired) electrons. The molecule has 2 rings (SSSR count). The highest BCUT2D eigenvalue weighted by Crippen LogP contribution is 2.24. The number of carboxylic acids is 1. The number of nitrogen functional groups attached to an aromatic ring is 1. The van der Waals surface area contributed by atoms with Crippen molar-refractivity contribution in [2.24, 2.45) is 0 Å². The van der Waals surface area contributed by atoms with E-state index in [1.54, 1.807) is 49.6 Å². The number of carboxylic acid groups (broad SMARTS) is 1. The molecule has 2 aromatic rings. The van der Waals surface area contributed by atoms with Gasteiger partial charge in [0.2, 0.25) is 0 Å². The third kappa shape index (κ3) is 4.26. The Bertz CT molecular complexity index is 749. The largest absolute Gasteiger partial charge is 0.481 e. The van der Waals surface area contributed by atoms with Crippen LogP contribution < -0.4 is 16.0 Å². The van der Waals surface area contributed by atoms with E-state index in [-0.39, 0.29) is 12.3 Å². The van der Waals surface area contributed by atoms with E-state index in [0.29, 0.717) is 23.5 Å². The van der Waals surface area contributed by atoms with Gasteiger partial charge in [-0.25, -0.2) is 4.98 Å². The first-order valence-electron chi connectivity index (χ1n) is 8.01. The topological polar surface area (TPSA) is 109 Å². The molecule has 1 aromatic carbocycles. The zero-order chi connectivity index (χ0) is 18.4. The zero-order valence-corrected chi connectivity index (χ0v) is 14.3. The lowest BCUT2D eigenvalue weighted by Crippen LogP contribution is -2.42. The normalized spacial score (nSPS) is 11.6. The summed E-state index contributed by atoms with van der Waals surface area (Å²) < 4.78 is 0. The van der Waals surface area contributed by atoms with E-state index in [9.17, 15) is 14.7 Å². The Morgan fingerprint density at radius 2 is 2.08 bits per heavy atom. The molecule has 1 heterocycles. The van der Waals surface area contributed by atoms with Crippen molar-refractivity contribution in [2.45, 2.75) is 25.8 Å². The summed E-state index contributed by atoms with van der Waals surface area (Å²) >= 11 is 0. The Balaban J connectivity index is 2.45. The molecule has 7 heteroatoms. The average molecular weight is 342 g/mol. The van der Waals surface area contributed by atoms with Gasteiger partial charge in [-0.2, -0.15) is 0 Å². The second kappa shape index (κ2) is 8.14. The fourth-order valence-electron chi connectivity index (χ4n) is 2.64. The van der Waals surface area contributed by atoms with Crippen molar-refractivity contribution in [1.82, 2.24) is 4.98 Å². The van der Waals surface area contributed by atoms with Crippen molar-refractivity contribution in [1.29, 1.82) is 0 Å². The van der Waals surface area contributed by atoms with E-state index in [0.717, 1.165) is 5.69 Å². The standard InChI is InChI=1S/C18H22N4O3/c1-3-13(11-17(23)24)22(16-6-4-5-9-21-16)18(25)12-7-8-15(20-2)14(19)10-12/h4-10,13,20H,3,11,19H2,1-2H3,(H,23,24). The monoisotopic (exact) mass is 342 g/mol. The van der Waals surface area contributed by atoms with Crippen molar-refractivity contribution < 1.29 is 14.7 Å². The number of hydrogen-bond acceptors (Lipinski definition) is 5. The molecular weight excluding hydrogens is 320 g/mol. The maximum absolute atomic E-state index is 13.1. The van der Waals surface area contributed by atoms with Gasteiger partial charge >= 0.3 is 5.97 Å². The van der Waals surface area contributed by atoms with Crippen molar-refractivity contribution in [3.63, 3.8) is 0 Å². The van der Waals surface area contributed by atoms with Crippen LogP contribution in [0.3, 0.4) is 0 Å². The molecule has 0 saturated carbocycles. The van der Waals surface area contributed by atoms with Crippen molar-refractivity contribution in [2.75, 3.05) is 23.0 Å². The third-order valence-corrected chi connectivity index (χ3v) is 3.93. The second-order valence-corrected chi connectivity index (χ2v) is 5.58. The summed E-state index contributed by atoms with van der Waals surface area (Å²) in [5.74, 6) is -0.886. The number of anilines is 3. The Labute approximate surface area is 146 Å².